The summed E-state index contributed by atoms with van der Waals surface area (Å²) in [6.07, 6.45) is 6.98. The van der Waals surface area contributed by atoms with Crippen molar-refractivity contribution >= 4 is 5.91 Å². The maximum Gasteiger partial charge on any atom is 0.222 e. The van der Waals surface area contributed by atoms with Gasteiger partial charge in [-0.25, -0.2) is 0 Å². The minimum Gasteiger partial charge on any atom is -0.342 e. The van der Waals surface area contributed by atoms with Crippen LogP contribution in [0.3, 0.4) is 0 Å². The monoisotopic (exact) mass is 266 g/mol. The molecule has 0 radical (unpaired) electrons. The van der Waals surface area contributed by atoms with E-state index in [0.717, 1.165) is 44.4 Å². The van der Waals surface area contributed by atoms with Gasteiger partial charge in [-0.2, -0.15) is 0 Å². The normalized spacial score (nSPS) is 27.3. The maximum absolute atomic E-state index is 12.4. The minimum atomic E-state index is 0.407. The van der Waals surface area contributed by atoms with Gasteiger partial charge in [-0.05, 0) is 56.5 Å². The Morgan fingerprint density at radius 3 is 2.74 bits per heavy atom. The van der Waals surface area contributed by atoms with Crippen LogP contribution in [0.1, 0.15) is 52.4 Å². The van der Waals surface area contributed by atoms with Crippen molar-refractivity contribution in [2.24, 2.45) is 17.8 Å². The van der Waals surface area contributed by atoms with Crippen LogP contribution >= 0.6 is 0 Å². The Morgan fingerprint density at radius 2 is 2.05 bits per heavy atom. The Morgan fingerprint density at radius 1 is 1.32 bits per heavy atom. The fourth-order valence-electron chi connectivity index (χ4n) is 3.61. The highest BCUT2D eigenvalue weighted by molar-refractivity contribution is 5.76. The third kappa shape index (κ3) is 4.20. The Balaban J connectivity index is 1.79. The molecule has 110 valence electrons. The van der Waals surface area contributed by atoms with E-state index in [1.807, 2.05) is 0 Å². The van der Waals surface area contributed by atoms with Gasteiger partial charge in [0.25, 0.3) is 0 Å². The third-order valence-corrected chi connectivity index (χ3v) is 5.13. The highest BCUT2D eigenvalue weighted by Gasteiger charge is 2.26. The summed E-state index contributed by atoms with van der Waals surface area (Å²) in [4.78, 5) is 14.6. The topological polar surface area (TPSA) is 32.3 Å². The summed E-state index contributed by atoms with van der Waals surface area (Å²) in [5, 5.41) is 3.40. The van der Waals surface area contributed by atoms with Crippen LogP contribution in [-0.4, -0.2) is 37.0 Å². The molecule has 2 rings (SSSR count). The molecule has 2 saturated heterocycles. The summed E-state index contributed by atoms with van der Waals surface area (Å²) in [7, 11) is 0. The number of rotatable bonds is 4. The highest BCUT2D eigenvalue weighted by atomic mass is 16.2. The average Bonchev–Trinajstić information content (AvgIpc) is 2.48. The van der Waals surface area contributed by atoms with E-state index in [1.165, 1.54) is 32.1 Å². The van der Waals surface area contributed by atoms with E-state index in [0.29, 0.717) is 11.8 Å². The van der Waals surface area contributed by atoms with Crippen molar-refractivity contribution in [2.75, 3.05) is 26.2 Å². The molecule has 1 N–H and O–H groups in total. The summed E-state index contributed by atoms with van der Waals surface area (Å²) >= 11 is 0. The summed E-state index contributed by atoms with van der Waals surface area (Å²) in [6.45, 7) is 8.78. The van der Waals surface area contributed by atoms with Gasteiger partial charge in [0.1, 0.15) is 0 Å². The number of amides is 1. The fourth-order valence-corrected chi connectivity index (χ4v) is 3.61. The van der Waals surface area contributed by atoms with E-state index in [1.54, 1.807) is 0 Å². The zero-order chi connectivity index (χ0) is 13.7. The molecule has 0 saturated carbocycles. The van der Waals surface area contributed by atoms with E-state index >= 15 is 0 Å². The number of hydrogen-bond donors (Lipinski definition) is 1. The van der Waals surface area contributed by atoms with Crippen LogP contribution in [0, 0.1) is 17.8 Å². The van der Waals surface area contributed by atoms with Crippen molar-refractivity contribution in [1.29, 1.82) is 0 Å². The van der Waals surface area contributed by atoms with Crippen LogP contribution in [0.15, 0.2) is 0 Å². The van der Waals surface area contributed by atoms with Crippen LogP contribution in [0.2, 0.25) is 0 Å². The smallest absolute Gasteiger partial charge is 0.222 e. The minimum absolute atomic E-state index is 0.407. The predicted molar refractivity (Wildman–Crippen MR) is 79.0 cm³/mol. The first kappa shape index (κ1) is 14.8. The fraction of sp³-hybridized carbons (Fsp3) is 0.938. The lowest BCUT2D eigenvalue weighted by atomic mass is 9.83. The van der Waals surface area contributed by atoms with Gasteiger partial charge in [-0.3, -0.25) is 4.79 Å². The van der Waals surface area contributed by atoms with Gasteiger partial charge in [0, 0.05) is 19.5 Å². The first-order valence-electron chi connectivity index (χ1n) is 8.19. The number of likely N-dealkylation sites (tertiary alicyclic amines) is 1. The third-order valence-electron chi connectivity index (χ3n) is 5.13. The van der Waals surface area contributed by atoms with Gasteiger partial charge >= 0.3 is 0 Å². The molecule has 1 amide bonds. The number of nitrogens with one attached hydrogen (secondary N) is 1. The zero-order valence-corrected chi connectivity index (χ0v) is 12.7. The molecular weight excluding hydrogens is 236 g/mol. The molecule has 3 nitrogen and oxygen atoms in total. The molecule has 0 aromatic carbocycles. The number of hydrogen-bond acceptors (Lipinski definition) is 2. The molecule has 2 atom stereocenters. The molecule has 0 aromatic heterocycles. The molecule has 0 spiro atoms. The van der Waals surface area contributed by atoms with Crippen LogP contribution < -0.4 is 5.32 Å². The van der Waals surface area contributed by atoms with Crippen molar-refractivity contribution in [3.63, 3.8) is 0 Å². The molecule has 0 aliphatic carbocycles. The number of carbonyl (C=O) groups is 1. The maximum atomic E-state index is 12.4. The van der Waals surface area contributed by atoms with E-state index in [-0.39, 0.29) is 0 Å². The number of carbonyl (C=O) groups excluding carboxylic acids is 1. The van der Waals surface area contributed by atoms with Crippen molar-refractivity contribution in [3.05, 3.63) is 0 Å². The summed E-state index contributed by atoms with van der Waals surface area (Å²) < 4.78 is 0. The van der Waals surface area contributed by atoms with Crippen LogP contribution in [-0.2, 0) is 4.79 Å². The van der Waals surface area contributed by atoms with Gasteiger partial charge in [0.2, 0.25) is 5.91 Å². The lowest BCUT2D eigenvalue weighted by molar-refractivity contribution is -0.134. The van der Waals surface area contributed by atoms with E-state index in [4.69, 9.17) is 0 Å². The molecule has 2 unspecified atom stereocenters. The van der Waals surface area contributed by atoms with E-state index < -0.39 is 0 Å². The van der Waals surface area contributed by atoms with Crippen LogP contribution in [0.5, 0.6) is 0 Å². The second kappa shape index (κ2) is 7.28. The molecular formula is C16H30N2O. The van der Waals surface area contributed by atoms with Crippen molar-refractivity contribution in [2.45, 2.75) is 52.4 Å². The molecule has 0 bridgehead atoms. The molecule has 19 heavy (non-hydrogen) atoms. The molecule has 2 heterocycles. The predicted octanol–water partition coefficient (Wildman–Crippen LogP) is 2.66. The Kier molecular flexibility index (Phi) is 5.68. The second-order valence-electron chi connectivity index (χ2n) is 6.53. The Bertz CT molecular complexity index is 286. The Labute approximate surface area is 118 Å². The number of nitrogens with zero attached hydrogens (tertiary/aromatic N) is 1. The quantitative estimate of drug-likeness (QED) is 0.848. The first-order valence-corrected chi connectivity index (χ1v) is 8.19. The highest BCUT2D eigenvalue weighted by Crippen LogP contribution is 2.26. The standard InChI is InChI=1S/C16H30N2O/c1-3-14-5-4-10-18(12-14)16(19)11-13(2)15-6-8-17-9-7-15/h13-15,17H,3-12H2,1-2H3. The first-order chi connectivity index (χ1) is 9.20. The van der Waals surface area contributed by atoms with Gasteiger partial charge < -0.3 is 10.2 Å². The molecule has 2 fully saturated rings. The van der Waals surface area contributed by atoms with Gasteiger partial charge in [0.15, 0.2) is 0 Å². The lowest BCUT2D eigenvalue weighted by Gasteiger charge is -2.34. The van der Waals surface area contributed by atoms with E-state index in [2.05, 4.69) is 24.1 Å². The lowest BCUT2D eigenvalue weighted by Crippen LogP contribution is -2.41. The van der Waals surface area contributed by atoms with Gasteiger partial charge in [-0.1, -0.05) is 20.3 Å². The second-order valence-corrected chi connectivity index (χ2v) is 6.53. The van der Waals surface area contributed by atoms with Gasteiger partial charge in [-0.15, -0.1) is 0 Å². The largest absolute Gasteiger partial charge is 0.342 e. The molecule has 3 heteroatoms. The van der Waals surface area contributed by atoms with Crippen LogP contribution in [0.4, 0.5) is 0 Å². The molecule has 2 aliphatic heterocycles. The average molecular weight is 266 g/mol. The SMILES string of the molecule is CCC1CCCN(C(=O)CC(C)C2CCNCC2)C1. The van der Waals surface area contributed by atoms with Crippen molar-refractivity contribution in [3.8, 4) is 0 Å². The summed E-state index contributed by atoms with van der Waals surface area (Å²) in [6, 6.07) is 0. The van der Waals surface area contributed by atoms with Crippen LogP contribution in [0.25, 0.3) is 0 Å². The van der Waals surface area contributed by atoms with Gasteiger partial charge in [0.05, 0.1) is 0 Å². The molecule has 0 aromatic rings. The zero-order valence-electron chi connectivity index (χ0n) is 12.7. The summed E-state index contributed by atoms with van der Waals surface area (Å²) in [5.74, 6) is 2.45. The van der Waals surface area contributed by atoms with Crippen molar-refractivity contribution in [1.82, 2.24) is 10.2 Å². The van der Waals surface area contributed by atoms with E-state index in [9.17, 15) is 4.79 Å². The summed E-state index contributed by atoms with van der Waals surface area (Å²) in [5.41, 5.74) is 0. The molecule has 2 aliphatic rings. The Hall–Kier alpha value is -0.570. The van der Waals surface area contributed by atoms with Crippen molar-refractivity contribution < 1.29 is 4.79 Å². The number of piperidine rings is 2.